The Morgan fingerprint density at radius 1 is 1.53 bits per heavy atom. The third kappa shape index (κ3) is 4.12. The second kappa shape index (κ2) is 5.50. The number of H-pyrrole nitrogens is 1. The Balaban J connectivity index is 2.29. The number of carbonyl (C=O) groups excluding carboxylic acids is 1. The van der Waals surface area contributed by atoms with Crippen LogP contribution in [-0.2, 0) is 11.3 Å². The number of carbonyl (C=O) groups is 1. The van der Waals surface area contributed by atoms with Crippen LogP contribution in [0.15, 0.2) is 12.5 Å². The van der Waals surface area contributed by atoms with Crippen molar-refractivity contribution in [3.8, 4) is 0 Å². The van der Waals surface area contributed by atoms with Gasteiger partial charge in [0.15, 0.2) is 0 Å². The Kier molecular flexibility index (Phi) is 4.30. The van der Waals surface area contributed by atoms with Crippen LogP contribution in [0.25, 0.3) is 0 Å². The molecule has 1 atom stereocenters. The van der Waals surface area contributed by atoms with Crippen molar-refractivity contribution in [1.82, 2.24) is 20.6 Å². The summed E-state index contributed by atoms with van der Waals surface area (Å²) in [4.78, 5) is 18.4. The SMILES string of the molecule is CC(C)NC(=O)C(C)NCc1cnc[nH]1. The Morgan fingerprint density at radius 2 is 2.27 bits per heavy atom. The maximum atomic E-state index is 11.5. The standard InChI is InChI=1S/C10H18N4O/c1-7(2)14-10(15)8(3)12-5-9-4-11-6-13-9/h4,6-8,12H,5H2,1-3H3,(H,11,13)(H,14,15). The molecule has 5 nitrogen and oxygen atoms in total. The fourth-order valence-electron chi connectivity index (χ4n) is 1.15. The summed E-state index contributed by atoms with van der Waals surface area (Å²) < 4.78 is 0. The summed E-state index contributed by atoms with van der Waals surface area (Å²) in [5.74, 6) is 0.0181. The van der Waals surface area contributed by atoms with Crippen LogP contribution in [-0.4, -0.2) is 28.0 Å². The van der Waals surface area contributed by atoms with Crippen LogP contribution < -0.4 is 10.6 Å². The predicted octanol–water partition coefficient (Wildman–Crippen LogP) is 0.412. The van der Waals surface area contributed by atoms with E-state index in [1.54, 1.807) is 12.5 Å². The lowest BCUT2D eigenvalue weighted by Crippen LogP contribution is -2.44. The van der Waals surface area contributed by atoms with Crippen molar-refractivity contribution in [2.45, 2.75) is 39.4 Å². The van der Waals surface area contributed by atoms with Crippen molar-refractivity contribution < 1.29 is 4.79 Å². The number of aromatic amines is 1. The Hall–Kier alpha value is -1.36. The summed E-state index contributed by atoms with van der Waals surface area (Å²) in [6.45, 7) is 6.35. The van der Waals surface area contributed by atoms with Gasteiger partial charge >= 0.3 is 0 Å². The molecule has 5 heteroatoms. The number of hydrogen-bond donors (Lipinski definition) is 3. The van der Waals surface area contributed by atoms with E-state index in [4.69, 9.17) is 0 Å². The van der Waals surface area contributed by atoms with Crippen LogP contribution >= 0.6 is 0 Å². The molecule has 15 heavy (non-hydrogen) atoms. The van der Waals surface area contributed by atoms with Crippen LogP contribution in [0.2, 0.25) is 0 Å². The molecule has 3 N–H and O–H groups in total. The van der Waals surface area contributed by atoms with E-state index in [0.29, 0.717) is 6.54 Å². The normalized spacial score (nSPS) is 12.8. The first-order valence-electron chi connectivity index (χ1n) is 5.10. The van der Waals surface area contributed by atoms with Gasteiger partial charge in [0, 0.05) is 24.5 Å². The number of imidazole rings is 1. The fraction of sp³-hybridized carbons (Fsp3) is 0.600. The summed E-state index contributed by atoms with van der Waals surface area (Å²) in [6, 6.07) is -0.0235. The third-order valence-electron chi connectivity index (χ3n) is 1.98. The lowest BCUT2D eigenvalue weighted by Gasteiger charge is -2.15. The van der Waals surface area contributed by atoms with E-state index in [1.165, 1.54) is 0 Å². The molecule has 0 bridgehead atoms. The maximum Gasteiger partial charge on any atom is 0.237 e. The van der Waals surface area contributed by atoms with Crippen molar-refractivity contribution in [1.29, 1.82) is 0 Å². The Labute approximate surface area is 89.7 Å². The van der Waals surface area contributed by atoms with E-state index in [1.807, 2.05) is 20.8 Å². The molecule has 1 rings (SSSR count). The molecule has 1 aromatic rings. The number of amides is 1. The summed E-state index contributed by atoms with van der Waals surface area (Å²) in [5.41, 5.74) is 0.971. The molecule has 0 saturated carbocycles. The predicted molar refractivity (Wildman–Crippen MR) is 58.2 cm³/mol. The van der Waals surface area contributed by atoms with Crippen molar-refractivity contribution in [2.24, 2.45) is 0 Å². The number of rotatable bonds is 5. The zero-order chi connectivity index (χ0) is 11.3. The van der Waals surface area contributed by atoms with E-state index >= 15 is 0 Å². The molecule has 1 heterocycles. The highest BCUT2D eigenvalue weighted by molar-refractivity contribution is 5.81. The minimum absolute atomic E-state index is 0.0181. The molecule has 84 valence electrons. The van der Waals surface area contributed by atoms with Crippen molar-refractivity contribution >= 4 is 5.91 Å². The van der Waals surface area contributed by atoms with Crippen molar-refractivity contribution in [2.75, 3.05) is 0 Å². The van der Waals surface area contributed by atoms with E-state index in [0.717, 1.165) is 5.69 Å². The zero-order valence-corrected chi connectivity index (χ0v) is 9.37. The molecule has 0 spiro atoms. The highest BCUT2D eigenvalue weighted by Crippen LogP contribution is 1.92. The summed E-state index contributed by atoms with van der Waals surface area (Å²) in [5, 5.41) is 5.95. The summed E-state index contributed by atoms with van der Waals surface area (Å²) in [7, 11) is 0. The van der Waals surface area contributed by atoms with Crippen molar-refractivity contribution in [3.05, 3.63) is 18.2 Å². The highest BCUT2D eigenvalue weighted by Gasteiger charge is 2.12. The number of aromatic nitrogens is 2. The van der Waals surface area contributed by atoms with Crippen molar-refractivity contribution in [3.63, 3.8) is 0 Å². The van der Waals surface area contributed by atoms with Gasteiger partial charge in [-0.25, -0.2) is 4.98 Å². The first-order valence-corrected chi connectivity index (χ1v) is 5.10. The monoisotopic (exact) mass is 210 g/mol. The molecule has 0 aromatic carbocycles. The summed E-state index contributed by atoms with van der Waals surface area (Å²) in [6.07, 6.45) is 3.36. The molecule has 1 unspecified atom stereocenters. The topological polar surface area (TPSA) is 69.8 Å². The smallest absolute Gasteiger partial charge is 0.237 e. The van der Waals surface area contributed by atoms with Gasteiger partial charge < -0.3 is 15.6 Å². The minimum atomic E-state index is -0.198. The van der Waals surface area contributed by atoms with Gasteiger partial charge in [0.2, 0.25) is 5.91 Å². The van der Waals surface area contributed by atoms with Gasteiger partial charge in [-0.2, -0.15) is 0 Å². The van der Waals surface area contributed by atoms with Crippen LogP contribution in [0.3, 0.4) is 0 Å². The van der Waals surface area contributed by atoms with Crippen LogP contribution in [0, 0.1) is 0 Å². The number of nitrogens with zero attached hydrogens (tertiary/aromatic N) is 1. The maximum absolute atomic E-state index is 11.5. The van der Waals surface area contributed by atoms with E-state index in [2.05, 4.69) is 20.6 Å². The molecular formula is C10H18N4O. The van der Waals surface area contributed by atoms with Gasteiger partial charge in [-0.3, -0.25) is 4.79 Å². The average molecular weight is 210 g/mol. The lowest BCUT2D eigenvalue weighted by molar-refractivity contribution is -0.123. The number of hydrogen-bond acceptors (Lipinski definition) is 3. The Bertz CT molecular complexity index is 294. The van der Waals surface area contributed by atoms with Gasteiger partial charge in [0.25, 0.3) is 0 Å². The molecule has 0 aliphatic carbocycles. The molecule has 0 aliphatic heterocycles. The molecule has 0 saturated heterocycles. The van der Waals surface area contributed by atoms with Crippen LogP contribution in [0.1, 0.15) is 26.5 Å². The van der Waals surface area contributed by atoms with Crippen LogP contribution in [0.4, 0.5) is 0 Å². The van der Waals surface area contributed by atoms with E-state index < -0.39 is 0 Å². The van der Waals surface area contributed by atoms with E-state index in [-0.39, 0.29) is 18.0 Å². The molecule has 1 amide bonds. The summed E-state index contributed by atoms with van der Waals surface area (Å²) >= 11 is 0. The lowest BCUT2D eigenvalue weighted by atomic mass is 10.2. The molecule has 0 radical (unpaired) electrons. The van der Waals surface area contributed by atoms with Gasteiger partial charge in [0.05, 0.1) is 12.4 Å². The number of nitrogens with one attached hydrogen (secondary N) is 3. The van der Waals surface area contributed by atoms with Crippen LogP contribution in [0.5, 0.6) is 0 Å². The second-order valence-corrected chi connectivity index (χ2v) is 3.84. The molecular weight excluding hydrogens is 192 g/mol. The minimum Gasteiger partial charge on any atom is -0.353 e. The molecule has 0 aliphatic rings. The average Bonchev–Trinajstić information content (AvgIpc) is 2.65. The zero-order valence-electron chi connectivity index (χ0n) is 9.37. The Morgan fingerprint density at radius 3 is 2.80 bits per heavy atom. The first kappa shape index (κ1) is 11.7. The quantitative estimate of drug-likeness (QED) is 0.659. The van der Waals surface area contributed by atoms with Gasteiger partial charge in [-0.15, -0.1) is 0 Å². The van der Waals surface area contributed by atoms with Gasteiger partial charge in [0.1, 0.15) is 0 Å². The fourth-order valence-corrected chi connectivity index (χ4v) is 1.15. The highest BCUT2D eigenvalue weighted by atomic mass is 16.2. The van der Waals surface area contributed by atoms with Gasteiger partial charge in [-0.05, 0) is 20.8 Å². The molecule has 1 aromatic heterocycles. The van der Waals surface area contributed by atoms with Gasteiger partial charge in [-0.1, -0.05) is 0 Å². The second-order valence-electron chi connectivity index (χ2n) is 3.84. The van der Waals surface area contributed by atoms with E-state index in [9.17, 15) is 4.79 Å². The third-order valence-corrected chi connectivity index (χ3v) is 1.98. The first-order chi connectivity index (χ1) is 7.09. The molecule has 0 fully saturated rings. The largest absolute Gasteiger partial charge is 0.353 e.